The highest BCUT2D eigenvalue weighted by Crippen LogP contribution is 2.41. The molecule has 0 bridgehead atoms. The number of furan rings is 3. The molecule has 0 unspecified atom stereocenters. The summed E-state index contributed by atoms with van der Waals surface area (Å²) in [5.74, 6) is 0.730. The Morgan fingerprint density at radius 2 is 0.505 bits per heavy atom. The number of fused-ring (bicyclic) bond motifs is 12. The Labute approximate surface area is 603 Å². The largest absolute Gasteiger partial charge is 0.456 e. The summed E-state index contributed by atoms with van der Waals surface area (Å²) in [6.07, 6.45) is 0. The normalized spacial score (nSPS) is 11.4. The Bertz CT molecular complexity index is 6780. The lowest BCUT2D eigenvalue weighted by Gasteiger charge is -2.13. The molecule has 21 aromatic rings. The summed E-state index contributed by atoms with van der Waals surface area (Å²) >= 11 is 0. The van der Waals surface area contributed by atoms with E-state index in [1.54, 1.807) is 0 Å². The fourth-order valence-corrected chi connectivity index (χ4v) is 14.3. The number of hydrogen-bond acceptors (Lipinski definition) is 9. The van der Waals surface area contributed by atoms with Gasteiger partial charge in [0.25, 0.3) is 0 Å². The van der Waals surface area contributed by atoms with Crippen LogP contribution in [0.3, 0.4) is 0 Å². The van der Waals surface area contributed by atoms with Crippen molar-refractivity contribution in [3.63, 3.8) is 0 Å². The third-order valence-corrected chi connectivity index (χ3v) is 19.4. The first-order valence-corrected chi connectivity index (χ1v) is 35.0. The van der Waals surface area contributed by atoms with Gasteiger partial charge in [0, 0.05) is 76.6 Å². The van der Waals surface area contributed by atoms with Gasteiger partial charge in [-0.05, 0) is 113 Å². The Kier molecular flexibility index (Phi) is 15.7. The molecule has 6 heterocycles. The lowest BCUT2D eigenvalue weighted by atomic mass is 9.99. The van der Waals surface area contributed by atoms with Crippen LogP contribution in [0.25, 0.3) is 200 Å². The topological polar surface area (TPSA) is 117 Å². The van der Waals surface area contributed by atoms with Crippen LogP contribution < -0.4 is 0 Å². The van der Waals surface area contributed by atoms with Gasteiger partial charge in [-0.1, -0.05) is 279 Å². The Hall–Kier alpha value is -14.3. The van der Waals surface area contributed by atoms with Crippen molar-refractivity contribution in [3.05, 3.63) is 364 Å². The van der Waals surface area contributed by atoms with Gasteiger partial charge in [-0.25, -0.2) is 29.9 Å². The van der Waals surface area contributed by atoms with E-state index in [0.717, 1.165) is 200 Å². The SMILES string of the molecule is c1ccc(-c2nc(-c3ccccc3)c3cc(-c4ccc5c(c4)oc4ccccc45)ccc3n2)cc1.c1ccc(-c2nc3ccc(-c4ccc5c(c4)oc4ccccc45)cc3nc2-c2ccccc2)cc1.c1ccc(-c2nc3cccc(-c4ccc5c(c4)oc4ccccc45)c3nc2-c2ccccc2)cc1. The van der Waals surface area contributed by atoms with Gasteiger partial charge in [-0.2, -0.15) is 0 Å². The number of nitrogens with zero attached hydrogens (tertiary/aromatic N) is 6. The highest BCUT2D eigenvalue weighted by molar-refractivity contribution is 6.09. The van der Waals surface area contributed by atoms with Gasteiger partial charge in [-0.15, -0.1) is 0 Å². The minimum Gasteiger partial charge on any atom is -0.456 e. The molecule has 0 saturated heterocycles. The quantitative estimate of drug-likeness (QED) is 0.139. The third kappa shape index (κ3) is 11.8. The maximum Gasteiger partial charge on any atom is 0.160 e. The molecule has 9 heteroatoms. The minimum atomic E-state index is 0.730. The molecule has 0 N–H and O–H groups in total. The van der Waals surface area contributed by atoms with E-state index in [1.165, 1.54) is 0 Å². The highest BCUT2D eigenvalue weighted by Gasteiger charge is 2.20. The lowest BCUT2D eigenvalue weighted by molar-refractivity contribution is 0.668. The molecule has 0 aliphatic rings. The van der Waals surface area contributed by atoms with Crippen LogP contribution in [0.5, 0.6) is 0 Å². The summed E-state index contributed by atoms with van der Waals surface area (Å²) in [5, 5.41) is 7.81. The first-order valence-electron chi connectivity index (χ1n) is 35.0. The second kappa shape index (κ2) is 26.7. The van der Waals surface area contributed by atoms with Gasteiger partial charge in [0.2, 0.25) is 0 Å². The molecule has 0 atom stereocenters. The van der Waals surface area contributed by atoms with E-state index in [2.05, 4.69) is 176 Å². The summed E-state index contributed by atoms with van der Waals surface area (Å²) < 4.78 is 18.4. The van der Waals surface area contributed by atoms with Gasteiger partial charge in [0.1, 0.15) is 33.5 Å². The first-order chi connectivity index (χ1) is 52.0. The van der Waals surface area contributed by atoms with Crippen molar-refractivity contribution >= 4 is 98.8 Å². The predicted octanol–water partition coefficient (Wildman–Crippen LogP) is 25.6. The van der Waals surface area contributed by atoms with E-state index in [-0.39, 0.29) is 0 Å². The van der Waals surface area contributed by atoms with Crippen molar-refractivity contribution in [1.29, 1.82) is 0 Å². The van der Waals surface area contributed by atoms with E-state index in [4.69, 9.17) is 43.2 Å². The molecule has 0 fully saturated rings. The van der Waals surface area contributed by atoms with Gasteiger partial charge < -0.3 is 13.3 Å². The van der Waals surface area contributed by atoms with Crippen LogP contribution in [0.2, 0.25) is 0 Å². The average Bonchev–Trinajstić information content (AvgIpc) is 1.72. The molecule has 9 nitrogen and oxygen atoms in total. The molecule has 0 amide bonds. The number of para-hydroxylation sites is 4. The van der Waals surface area contributed by atoms with Crippen LogP contribution in [0, 0.1) is 0 Å². The first kappa shape index (κ1) is 61.8. The second-order valence-electron chi connectivity index (χ2n) is 26.0. The molecule has 0 aliphatic carbocycles. The Balaban J connectivity index is 0.000000108. The maximum atomic E-state index is 6.16. The van der Waals surface area contributed by atoms with Gasteiger partial charge in [0.05, 0.1) is 56.1 Å². The molecular weight excluding hydrogens is 1290 g/mol. The molecule has 21 rings (SSSR count). The van der Waals surface area contributed by atoms with E-state index >= 15 is 0 Å². The number of benzene rings is 15. The summed E-state index contributed by atoms with van der Waals surface area (Å²) in [5.41, 5.74) is 27.0. The maximum absolute atomic E-state index is 6.16. The van der Waals surface area contributed by atoms with Crippen LogP contribution in [-0.4, -0.2) is 29.9 Å². The smallest absolute Gasteiger partial charge is 0.160 e. The zero-order valence-electron chi connectivity index (χ0n) is 56.5. The number of aromatic nitrogens is 6. The monoisotopic (exact) mass is 1340 g/mol. The summed E-state index contributed by atoms with van der Waals surface area (Å²) in [6.45, 7) is 0. The van der Waals surface area contributed by atoms with Crippen molar-refractivity contribution in [3.8, 4) is 101 Å². The van der Waals surface area contributed by atoms with Crippen LogP contribution in [0.15, 0.2) is 377 Å². The second-order valence-corrected chi connectivity index (χ2v) is 26.0. The molecule has 105 heavy (non-hydrogen) atoms. The molecule has 15 aromatic carbocycles. The fraction of sp³-hybridized carbons (Fsp3) is 0. The zero-order valence-corrected chi connectivity index (χ0v) is 56.5. The van der Waals surface area contributed by atoms with E-state index in [1.807, 2.05) is 188 Å². The molecule has 0 saturated carbocycles. The van der Waals surface area contributed by atoms with Crippen molar-refractivity contribution < 1.29 is 13.3 Å². The van der Waals surface area contributed by atoms with Crippen LogP contribution in [0.4, 0.5) is 0 Å². The van der Waals surface area contributed by atoms with Crippen LogP contribution in [0.1, 0.15) is 0 Å². The number of rotatable bonds is 9. The fourth-order valence-electron chi connectivity index (χ4n) is 14.3. The average molecular weight is 1350 g/mol. The van der Waals surface area contributed by atoms with E-state index in [9.17, 15) is 0 Å². The van der Waals surface area contributed by atoms with Gasteiger partial charge >= 0.3 is 0 Å². The molecular formula is C96H60N6O3. The summed E-state index contributed by atoms with van der Waals surface area (Å²) in [6, 6.07) is 124. The van der Waals surface area contributed by atoms with E-state index in [0.29, 0.717) is 0 Å². The van der Waals surface area contributed by atoms with Gasteiger partial charge in [-0.3, -0.25) is 0 Å². The third-order valence-electron chi connectivity index (χ3n) is 19.4. The Morgan fingerprint density at radius 3 is 0.981 bits per heavy atom. The van der Waals surface area contributed by atoms with Gasteiger partial charge in [0.15, 0.2) is 5.82 Å². The minimum absolute atomic E-state index is 0.730. The molecule has 0 spiro atoms. The van der Waals surface area contributed by atoms with Crippen molar-refractivity contribution in [1.82, 2.24) is 29.9 Å². The standard InChI is InChI=1S/3C32H20N2O/c1-3-10-21(11-4-1)30-31(22-12-5-2-6-13-22)34-32-24(15-9-16-27(32)33-30)23-18-19-26-25-14-7-8-17-28(25)35-29(26)20-23;1-3-9-21(10-4-1)31-27-19-23(16-18-28(27)33-32(34-31)22-11-5-2-6-12-22)24-15-17-26-25-13-7-8-14-29(25)35-30(26)20-24;1-3-9-21(10-4-1)31-32(22-11-5-2-6-12-22)34-28-19-23(16-18-27(28)33-31)24-15-17-26-25-13-7-8-14-29(25)35-30(26)20-24/h3*1-20H. The highest BCUT2D eigenvalue weighted by atomic mass is 16.3. The summed E-state index contributed by atoms with van der Waals surface area (Å²) in [4.78, 5) is 30.5. The number of hydrogen-bond donors (Lipinski definition) is 0. The Morgan fingerprint density at radius 1 is 0.162 bits per heavy atom. The van der Waals surface area contributed by atoms with E-state index < -0.39 is 0 Å². The molecule has 6 aromatic heterocycles. The van der Waals surface area contributed by atoms with Crippen LogP contribution in [-0.2, 0) is 0 Å². The van der Waals surface area contributed by atoms with Crippen molar-refractivity contribution in [2.45, 2.75) is 0 Å². The summed E-state index contributed by atoms with van der Waals surface area (Å²) in [7, 11) is 0. The molecule has 0 radical (unpaired) electrons. The molecule has 0 aliphatic heterocycles. The predicted molar refractivity (Wildman–Crippen MR) is 429 cm³/mol. The molecule has 492 valence electrons. The van der Waals surface area contributed by atoms with Crippen LogP contribution >= 0.6 is 0 Å². The van der Waals surface area contributed by atoms with Crippen molar-refractivity contribution in [2.75, 3.05) is 0 Å². The zero-order chi connectivity index (χ0) is 69.6. The lowest BCUT2D eigenvalue weighted by Crippen LogP contribution is -1.97. The van der Waals surface area contributed by atoms with Crippen molar-refractivity contribution in [2.24, 2.45) is 0 Å².